The van der Waals surface area contributed by atoms with Crippen LogP contribution in [0.15, 0.2) is 48.5 Å². The zero-order chi connectivity index (χ0) is 13.4. The molecule has 0 spiro atoms. The van der Waals surface area contributed by atoms with Gasteiger partial charge in [0.1, 0.15) is 0 Å². The molecule has 20 heavy (non-hydrogen) atoms. The average molecular weight is 268 g/mol. The third-order valence-corrected chi connectivity index (χ3v) is 3.25. The number of benzene rings is 2. The zero-order valence-corrected chi connectivity index (χ0v) is 10.2. The predicted molar refractivity (Wildman–Crippen MR) is 79.4 cm³/mol. The van der Waals surface area contributed by atoms with Gasteiger partial charge in [0.15, 0.2) is 5.78 Å². The van der Waals surface area contributed by atoms with Gasteiger partial charge in [-0.05, 0) is 23.8 Å². The van der Waals surface area contributed by atoms with Crippen LogP contribution in [0.3, 0.4) is 0 Å². The molecule has 2 aromatic rings. The highest BCUT2D eigenvalue weighted by molar-refractivity contribution is 6.11. The summed E-state index contributed by atoms with van der Waals surface area (Å²) in [6, 6.07) is 13.8. The van der Waals surface area contributed by atoms with Gasteiger partial charge in [0, 0.05) is 12.0 Å². The van der Waals surface area contributed by atoms with E-state index >= 15 is 0 Å². The van der Waals surface area contributed by atoms with Crippen LogP contribution in [0.25, 0.3) is 0 Å². The normalized spacial score (nSPS) is 12.8. The second-order valence-corrected chi connectivity index (χ2v) is 4.42. The van der Waals surface area contributed by atoms with E-state index in [1.807, 2.05) is 18.2 Å². The third kappa shape index (κ3) is 2.05. The van der Waals surface area contributed by atoms with Gasteiger partial charge < -0.3 is 5.73 Å². The molecule has 3 rings (SSSR count). The highest BCUT2D eigenvalue weighted by atomic mass is 16.2. The molecule has 0 radical (unpaired) electrons. The minimum atomic E-state index is -0.588. The lowest BCUT2D eigenvalue weighted by atomic mass is 10.0. The first kappa shape index (κ1) is 13.8. The number of nitrogens with two attached hydrogens (primary N) is 1. The number of hydrogen-bond donors (Lipinski definition) is 1. The number of rotatable bonds is 0. The summed E-state index contributed by atoms with van der Waals surface area (Å²) in [5, 5.41) is 0. The monoisotopic (exact) mass is 268 g/mol. The SMILES string of the molecule is C.NC(=O)N1c2ccccc2CC(=O)c2ccccc21. The molecule has 0 atom stereocenters. The van der Waals surface area contributed by atoms with Crippen LogP contribution < -0.4 is 10.6 Å². The van der Waals surface area contributed by atoms with Crippen LogP contribution in [0.5, 0.6) is 0 Å². The van der Waals surface area contributed by atoms with Gasteiger partial charge in [0.25, 0.3) is 0 Å². The third-order valence-electron chi connectivity index (χ3n) is 3.25. The Bertz CT molecular complexity index is 680. The molecule has 0 fully saturated rings. The van der Waals surface area contributed by atoms with Crippen molar-refractivity contribution in [1.82, 2.24) is 0 Å². The molecular weight excluding hydrogens is 252 g/mol. The summed E-state index contributed by atoms with van der Waals surface area (Å²) in [7, 11) is 0. The lowest BCUT2D eigenvalue weighted by Gasteiger charge is -2.22. The largest absolute Gasteiger partial charge is 0.351 e. The molecule has 0 aliphatic carbocycles. The number of Topliss-reactive ketones (excluding diaryl/α,β-unsaturated/α-hetero) is 1. The Labute approximate surface area is 117 Å². The lowest BCUT2D eigenvalue weighted by molar-refractivity contribution is 0.0994. The molecule has 0 bridgehead atoms. The minimum Gasteiger partial charge on any atom is -0.351 e. The van der Waals surface area contributed by atoms with E-state index in [0.29, 0.717) is 16.9 Å². The van der Waals surface area contributed by atoms with Gasteiger partial charge in [-0.25, -0.2) is 4.79 Å². The Hall–Kier alpha value is -2.62. The van der Waals surface area contributed by atoms with E-state index in [2.05, 4.69) is 0 Å². The van der Waals surface area contributed by atoms with Gasteiger partial charge in [-0.1, -0.05) is 37.8 Å². The van der Waals surface area contributed by atoms with E-state index in [0.717, 1.165) is 5.56 Å². The fourth-order valence-electron chi connectivity index (χ4n) is 2.42. The van der Waals surface area contributed by atoms with Crippen molar-refractivity contribution >= 4 is 23.2 Å². The number of primary amides is 1. The molecule has 1 heterocycles. The molecule has 0 saturated carbocycles. The Morgan fingerprint density at radius 1 is 1.00 bits per heavy atom. The number of anilines is 2. The van der Waals surface area contributed by atoms with E-state index in [4.69, 9.17) is 5.73 Å². The van der Waals surface area contributed by atoms with Gasteiger partial charge in [0.05, 0.1) is 11.4 Å². The van der Waals surface area contributed by atoms with Gasteiger partial charge in [0.2, 0.25) is 0 Å². The number of urea groups is 1. The Balaban J connectivity index is 0.00000147. The second kappa shape index (κ2) is 5.17. The molecule has 2 N–H and O–H groups in total. The van der Waals surface area contributed by atoms with Gasteiger partial charge in [-0.15, -0.1) is 0 Å². The van der Waals surface area contributed by atoms with E-state index in [9.17, 15) is 9.59 Å². The predicted octanol–water partition coefficient (Wildman–Crippen LogP) is 3.28. The van der Waals surface area contributed by atoms with Crippen molar-refractivity contribution in [2.24, 2.45) is 5.73 Å². The fourth-order valence-corrected chi connectivity index (χ4v) is 2.42. The summed E-state index contributed by atoms with van der Waals surface area (Å²) in [5.41, 5.74) is 8.04. The molecule has 4 heteroatoms. The van der Waals surface area contributed by atoms with Crippen LogP contribution in [-0.2, 0) is 6.42 Å². The van der Waals surface area contributed by atoms with Crippen molar-refractivity contribution in [3.8, 4) is 0 Å². The topological polar surface area (TPSA) is 63.4 Å². The first-order valence-corrected chi connectivity index (χ1v) is 5.98. The van der Waals surface area contributed by atoms with Crippen molar-refractivity contribution in [1.29, 1.82) is 0 Å². The van der Waals surface area contributed by atoms with Crippen LogP contribution in [-0.4, -0.2) is 11.8 Å². The molecule has 1 aliphatic heterocycles. The number of hydrogen-bond acceptors (Lipinski definition) is 2. The Morgan fingerprint density at radius 2 is 1.60 bits per heavy atom. The van der Waals surface area contributed by atoms with Crippen LogP contribution in [0.2, 0.25) is 0 Å². The van der Waals surface area contributed by atoms with Crippen molar-refractivity contribution in [2.75, 3.05) is 4.90 Å². The first-order chi connectivity index (χ1) is 9.18. The molecule has 0 unspecified atom stereocenters. The smallest absolute Gasteiger partial charge is 0.323 e. The van der Waals surface area contributed by atoms with Crippen molar-refractivity contribution in [2.45, 2.75) is 13.8 Å². The summed E-state index contributed by atoms with van der Waals surface area (Å²) < 4.78 is 0. The van der Waals surface area contributed by atoms with E-state index in [1.165, 1.54) is 4.90 Å². The van der Waals surface area contributed by atoms with E-state index < -0.39 is 6.03 Å². The lowest BCUT2D eigenvalue weighted by Crippen LogP contribution is -2.32. The highest BCUT2D eigenvalue weighted by Crippen LogP contribution is 2.35. The number of para-hydroxylation sites is 2. The molecule has 0 saturated heterocycles. The number of carbonyl (C=O) groups excluding carboxylic acids is 2. The molecule has 102 valence electrons. The molecular formula is C16H16N2O2. The molecule has 1 aliphatic rings. The standard InChI is InChI=1S/C15H12N2O2.CH4/c16-15(19)17-12-7-3-1-5-10(12)9-14(18)11-6-2-4-8-13(11)17;/h1-8H,9H2,(H2,16,19);1H4. The fraction of sp³-hybridized carbons (Fsp3) is 0.125. The quantitative estimate of drug-likeness (QED) is 0.797. The van der Waals surface area contributed by atoms with Crippen molar-refractivity contribution in [3.05, 3.63) is 59.7 Å². The average Bonchev–Trinajstić information content (AvgIpc) is 2.53. The van der Waals surface area contributed by atoms with Crippen molar-refractivity contribution in [3.63, 3.8) is 0 Å². The zero-order valence-electron chi connectivity index (χ0n) is 10.2. The van der Waals surface area contributed by atoms with Gasteiger partial charge in [-0.2, -0.15) is 0 Å². The minimum absolute atomic E-state index is 0. The Kier molecular flexibility index (Phi) is 3.57. The number of amides is 2. The summed E-state index contributed by atoms with van der Waals surface area (Å²) in [6.07, 6.45) is 0.275. The summed E-state index contributed by atoms with van der Waals surface area (Å²) in [6.45, 7) is 0. The van der Waals surface area contributed by atoms with Crippen LogP contribution >= 0.6 is 0 Å². The molecule has 0 aromatic heterocycles. The molecule has 2 amide bonds. The number of fused-ring (bicyclic) bond motifs is 2. The van der Waals surface area contributed by atoms with Gasteiger partial charge in [-0.3, -0.25) is 9.69 Å². The number of ketones is 1. The number of carbonyl (C=O) groups is 2. The molecule has 2 aromatic carbocycles. The summed E-state index contributed by atoms with van der Waals surface area (Å²) in [5.74, 6) is -0.00759. The second-order valence-electron chi connectivity index (χ2n) is 4.42. The summed E-state index contributed by atoms with van der Waals surface area (Å²) >= 11 is 0. The maximum absolute atomic E-state index is 12.3. The first-order valence-electron chi connectivity index (χ1n) is 5.98. The highest BCUT2D eigenvalue weighted by Gasteiger charge is 2.27. The van der Waals surface area contributed by atoms with Crippen LogP contribution in [0.1, 0.15) is 23.3 Å². The number of nitrogens with zero attached hydrogens (tertiary/aromatic N) is 1. The van der Waals surface area contributed by atoms with E-state index in [1.54, 1.807) is 30.3 Å². The molecule has 4 nitrogen and oxygen atoms in total. The van der Waals surface area contributed by atoms with Gasteiger partial charge >= 0.3 is 6.03 Å². The summed E-state index contributed by atoms with van der Waals surface area (Å²) in [4.78, 5) is 25.4. The Morgan fingerprint density at radius 3 is 2.30 bits per heavy atom. The van der Waals surface area contributed by atoms with Crippen LogP contribution in [0, 0.1) is 0 Å². The van der Waals surface area contributed by atoms with Crippen LogP contribution in [0.4, 0.5) is 16.2 Å². The van der Waals surface area contributed by atoms with E-state index in [-0.39, 0.29) is 19.6 Å². The van der Waals surface area contributed by atoms with Crippen molar-refractivity contribution < 1.29 is 9.59 Å². The maximum atomic E-state index is 12.3. The maximum Gasteiger partial charge on any atom is 0.323 e.